The van der Waals surface area contributed by atoms with Crippen molar-refractivity contribution < 1.29 is 9.18 Å². The second-order valence-corrected chi connectivity index (χ2v) is 11.0. The van der Waals surface area contributed by atoms with Gasteiger partial charge in [-0.2, -0.15) is 5.10 Å². The normalized spacial score (nSPS) is 14.1. The molecular formula is C33H29FN6O. The number of hydrogen-bond acceptors (Lipinski definition) is 4. The van der Waals surface area contributed by atoms with Gasteiger partial charge in [-0.3, -0.25) is 19.9 Å². The number of aromatic nitrogens is 5. The minimum absolute atomic E-state index is 0.0780. The van der Waals surface area contributed by atoms with Crippen LogP contribution < -0.4 is 5.32 Å². The fraction of sp³-hybridized carbons (Fsp3) is 0.212. The van der Waals surface area contributed by atoms with Crippen molar-refractivity contribution in [1.29, 1.82) is 0 Å². The van der Waals surface area contributed by atoms with E-state index in [1.165, 1.54) is 18.6 Å². The summed E-state index contributed by atoms with van der Waals surface area (Å²) in [5, 5.41) is 12.7. The topological polar surface area (TPSA) is 99.3 Å². The van der Waals surface area contributed by atoms with E-state index in [0.717, 1.165) is 86.7 Å². The molecule has 0 aliphatic heterocycles. The van der Waals surface area contributed by atoms with Crippen LogP contribution in [-0.2, 0) is 4.79 Å². The number of aromatic amines is 2. The Bertz CT molecular complexity index is 1900. The number of nitrogens with zero attached hydrogens (tertiary/aromatic N) is 3. The fourth-order valence-corrected chi connectivity index (χ4v) is 5.97. The lowest BCUT2D eigenvalue weighted by Gasteiger charge is -2.20. The zero-order chi connectivity index (χ0) is 27.9. The van der Waals surface area contributed by atoms with Gasteiger partial charge in [-0.25, -0.2) is 4.39 Å². The summed E-state index contributed by atoms with van der Waals surface area (Å²) in [6.07, 6.45) is 12.4. The molecule has 6 aromatic rings. The molecule has 0 bridgehead atoms. The molecule has 1 saturated carbocycles. The zero-order valence-corrected chi connectivity index (χ0v) is 22.7. The SMILES string of the molecule is Cc1cc(F)cc(-c2cncc3[nH]c(-c4n[nH]c5ccc(-c6cncc(NC(=O)C7CCCCC7)c6)cc45)cc23)c1. The van der Waals surface area contributed by atoms with Crippen molar-refractivity contribution in [3.8, 4) is 33.6 Å². The van der Waals surface area contributed by atoms with Crippen LogP contribution in [0, 0.1) is 18.7 Å². The van der Waals surface area contributed by atoms with Gasteiger partial charge in [0.05, 0.1) is 34.8 Å². The summed E-state index contributed by atoms with van der Waals surface area (Å²) < 4.78 is 14.2. The zero-order valence-electron chi connectivity index (χ0n) is 22.7. The summed E-state index contributed by atoms with van der Waals surface area (Å²) in [5.74, 6) is -0.114. The molecular weight excluding hydrogens is 515 g/mol. The molecule has 0 atom stereocenters. The van der Waals surface area contributed by atoms with Gasteiger partial charge in [0.2, 0.25) is 5.91 Å². The Morgan fingerprint density at radius 1 is 0.854 bits per heavy atom. The van der Waals surface area contributed by atoms with Crippen LogP contribution in [0.3, 0.4) is 0 Å². The number of hydrogen-bond donors (Lipinski definition) is 3. The minimum atomic E-state index is -0.273. The first-order chi connectivity index (χ1) is 20.0. The molecule has 1 fully saturated rings. The summed E-state index contributed by atoms with van der Waals surface area (Å²) in [6, 6.07) is 15.1. The second kappa shape index (κ2) is 10.3. The monoisotopic (exact) mass is 544 g/mol. The first kappa shape index (κ1) is 25.1. The summed E-state index contributed by atoms with van der Waals surface area (Å²) >= 11 is 0. The number of halogens is 1. The van der Waals surface area contributed by atoms with Gasteiger partial charge >= 0.3 is 0 Å². The lowest BCUT2D eigenvalue weighted by molar-refractivity contribution is -0.120. The number of anilines is 1. The molecule has 4 aromatic heterocycles. The fourth-order valence-electron chi connectivity index (χ4n) is 5.97. The predicted octanol–water partition coefficient (Wildman–Crippen LogP) is 7.80. The van der Waals surface area contributed by atoms with Gasteiger partial charge in [0, 0.05) is 40.2 Å². The van der Waals surface area contributed by atoms with E-state index in [1.54, 1.807) is 24.8 Å². The molecule has 41 heavy (non-hydrogen) atoms. The molecule has 7 rings (SSSR count). The quantitative estimate of drug-likeness (QED) is 0.206. The smallest absolute Gasteiger partial charge is 0.227 e. The standard InChI is InChI=1S/C33H29FN6O/c1-19-9-22(11-24(34)10-19)28-17-36-18-31-26(28)14-30(38-31)32-27-13-21(7-8-29(27)39-40-32)23-12-25(16-35-15-23)37-33(41)20-5-3-2-4-6-20/h7-18,20,38H,2-6H2,1H3,(H,37,41)(H,39,40). The molecule has 0 radical (unpaired) electrons. The first-order valence-corrected chi connectivity index (χ1v) is 14.0. The number of carbonyl (C=O) groups excluding carboxylic acids is 1. The largest absolute Gasteiger partial charge is 0.352 e. The molecule has 204 valence electrons. The van der Waals surface area contributed by atoms with Gasteiger partial charge in [0.15, 0.2) is 0 Å². The molecule has 1 aliphatic carbocycles. The van der Waals surface area contributed by atoms with Crippen molar-refractivity contribution in [2.75, 3.05) is 5.32 Å². The maximum absolute atomic E-state index is 14.2. The van der Waals surface area contributed by atoms with Gasteiger partial charge in [-0.05, 0) is 72.9 Å². The van der Waals surface area contributed by atoms with Crippen LogP contribution in [0.5, 0.6) is 0 Å². The highest BCUT2D eigenvalue weighted by atomic mass is 19.1. The van der Waals surface area contributed by atoms with Gasteiger partial charge in [0.25, 0.3) is 0 Å². The molecule has 0 unspecified atom stereocenters. The third-order valence-corrected chi connectivity index (χ3v) is 8.03. The molecule has 2 aromatic carbocycles. The van der Waals surface area contributed by atoms with E-state index < -0.39 is 0 Å². The molecule has 1 amide bonds. The maximum Gasteiger partial charge on any atom is 0.227 e. The van der Waals surface area contributed by atoms with E-state index in [9.17, 15) is 9.18 Å². The molecule has 3 N–H and O–H groups in total. The lowest BCUT2D eigenvalue weighted by Crippen LogP contribution is -2.24. The Kier molecular flexibility index (Phi) is 6.30. The molecule has 0 spiro atoms. The summed E-state index contributed by atoms with van der Waals surface area (Å²) in [7, 11) is 0. The number of carbonyl (C=O) groups is 1. The Hall–Kier alpha value is -4.85. The van der Waals surface area contributed by atoms with Gasteiger partial charge in [-0.1, -0.05) is 31.4 Å². The van der Waals surface area contributed by atoms with Crippen LogP contribution in [0.2, 0.25) is 0 Å². The lowest BCUT2D eigenvalue weighted by atomic mass is 9.88. The molecule has 8 heteroatoms. The summed E-state index contributed by atoms with van der Waals surface area (Å²) in [5.41, 5.74) is 8.41. The van der Waals surface area contributed by atoms with Crippen LogP contribution in [-0.4, -0.2) is 31.1 Å². The predicted molar refractivity (Wildman–Crippen MR) is 160 cm³/mol. The number of rotatable bonds is 5. The third kappa shape index (κ3) is 4.86. The van der Waals surface area contributed by atoms with E-state index in [-0.39, 0.29) is 17.6 Å². The number of aryl methyl sites for hydroxylation is 1. The van der Waals surface area contributed by atoms with Crippen LogP contribution in [0.4, 0.5) is 10.1 Å². The van der Waals surface area contributed by atoms with Crippen LogP contribution in [0.15, 0.2) is 73.3 Å². The molecule has 7 nitrogen and oxygen atoms in total. The van der Waals surface area contributed by atoms with Gasteiger partial charge in [0.1, 0.15) is 11.5 Å². The Labute approximate surface area is 236 Å². The third-order valence-electron chi connectivity index (χ3n) is 8.03. The average molecular weight is 545 g/mol. The van der Waals surface area contributed by atoms with Crippen LogP contribution in [0.25, 0.3) is 55.4 Å². The Morgan fingerprint density at radius 3 is 2.56 bits per heavy atom. The second-order valence-electron chi connectivity index (χ2n) is 11.0. The highest BCUT2D eigenvalue weighted by Crippen LogP contribution is 2.35. The molecule has 4 heterocycles. The van der Waals surface area contributed by atoms with Crippen molar-refractivity contribution in [1.82, 2.24) is 25.1 Å². The minimum Gasteiger partial charge on any atom is -0.352 e. The first-order valence-electron chi connectivity index (χ1n) is 14.0. The van der Waals surface area contributed by atoms with E-state index in [2.05, 4.69) is 36.5 Å². The van der Waals surface area contributed by atoms with Crippen molar-refractivity contribution >= 4 is 33.4 Å². The van der Waals surface area contributed by atoms with E-state index in [1.807, 2.05) is 37.3 Å². The van der Waals surface area contributed by atoms with Crippen molar-refractivity contribution in [2.24, 2.45) is 5.92 Å². The average Bonchev–Trinajstić information content (AvgIpc) is 3.61. The van der Waals surface area contributed by atoms with Crippen molar-refractivity contribution in [3.63, 3.8) is 0 Å². The van der Waals surface area contributed by atoms with Crippen molar-refractivity contribution in [3.05, 3.63) is 84.7 Å². The number of amides is 1. The molecule has 1 aliphatic rings. The number of benzene rings is 2. The van der Waals surface area contributed by atoms with E-state index in [0.29, 0.717) is 5.69 Å². The maximum atomic E-state index is 14.2. The Morgan fingerprint density at radius 2 is 1.71 bits per heavy atom. The number of pyridine rings is 2. The van der Waals surface area contributed by atoms with E-state index >= 15 is 0 Å². The summed E-state index contributed by atoms with van der Waals surface area (Å²) in [6.45, 7) is 1.88. The summed E-state index contributed by atoms with van der Waals surface area (Å²) in [4.78, 5) is 25.1. The highest BCUT2D eigenvalue weighted by molar-refractivity contribution is 6.01. The number of nitrogens with one attached hydrogen (secondary N) is 3. The number of H-pyrrole nitrogens is 2. The van der Waals surface area contributed by atoms with Crippen LogP contribution >= 0.6 is 0 Å². The van der Waals surface area contributed by atoms with E-state index in [4.69, 9.17) is 0 Å². The van der Waals surface area contributed by atoms with Crippen molar-refractivity contribution in [2.45, 2.75) is 39.0 Å². The van der Waals surface area contributed by atoms with Gasteiger partial charge in [-0.15, -0.1) is 0 Å². The molecule has 0 saturated heterocycles. The highest BCUT2D eigenvalue weighted by Gasteiger charge is 2.21. The van der Waals surface area contributed by atoms with Gasteiger partial charge < -0.3 is 10.3 Å². The number of fused-ring (bicyclic) bond motifs is 2. The van der Waals surface area contributed by atoms with Crippen LogP contribution in [0.1, 0.15) is 37.7 Å². The Balaban J connectivity index is 1.23.